The van der Waals surface area contributed by atoms with E-state index in [9.17, 15) is 14.4 Å². The quantitative estimate of drug-likeness (QED) is 0.244. The van der Waals surface area contributed by atoms with E-state index in [-0.39, 0.29) is 6.29 Å². The molecule has 6 heteroatoms. The van der Waals surface area contributed by atoms with Gasteiger partial charge in [-0.05, 0) is 0 Å². The van der Waals surface area contributed by atoms with Gasteiger partial charge in [-0.2, -0.15) is 0 Å². The van der Waals surface area contributed by atoms with Crippen LogP contribution in [0, 0.1) is 0 Å². The lowest BCUT2D eigenvalue weighted by Crippen LogP contribution is -2.57. The SMILES string of the molecule is NC(N)(CC(=O)C=O)C(=O)O. The molecular formula is C5H8N2O4. The van der Waals surface area contributed by atoms with Gasteiger partial charge >= 0.3 is 5.97 Å². The summed E-state index contributed by atoms with van der Waals surface area (Å²) in [6, 6.07) is 0. The first kappa shape index (κ1) is 9.73. The van der Waals surface area contributed by atoms with Crippen molar-refractivity contribution in [3.05, 3.63) is 0 Å². The molecule has 0 radical (unpaired) electrons. The van der Waals surface area contributed by atoms with Gasteiger partial charge in [0.2, 0.25) is 0 Å². The van der Waals surface area contributed by atoms with Crippen LogP contribution in [0.4, 0.5) is 0 Å². The number of aldehydes is 1. The van der Waals surface area contributed by atoms with Crippen LogP contribution in [0.15, 0.2) is 0 Å². The maximum Gasteiger partial charge on any atom is 0.338 e. The normalized spacial score (nSPS) is 10.7. The van der Waals surface area contributed by atoms with Gasteiger partial charge in [-0.15, -0.1) is 0 Å². The second-order valence-electron chi connectivity index (χ2n) is 2.11. The summed E-state index contributed by atoms with van der Waals surface area (Å²) in [6.07, 6.45) is -0.705. The van der Waals surface area contributed by atoms with Gasteiger partial charge in [0.15, 0.2) is 17.7 Å². The van der Waals surface area contributed by atoms with Gasteiger partial charge < -0.3 is 16.6 Å². The number of carbonyl (C=O) groups excluding carboxylic acids is 2. The average Bonchev–Trinajstić information content (AvgIpc) is 1.86. The molecule has 0 aliphatic rings. The number of Topliss-reactive ketones (excluding diaryl/α,β-unsaturated/α-hetero) is 1. The Labute approximate surface area is 62.2 Å². The topological polar surface area (TPSA) is 123 Å². The van der Waals surface area contributed by atoms with Gasteiger partial charge in [-0.3, -0.25) is 9.59 Å². The number of nitrogens with two attached hydrogens (primary N) is 2. The fourth-order valence-corrected chi connectivity index (χ4v) is 0.406. The third-order valence-corrected chi connectivity index (χ3v) is 0.996. The number of rotatable bonds is 4. The maximum atomic E-state index is 10.3. The Bertz CT molecular complexity index is 199. The van der Waals surface area contributed by atoms with Crippen LogP contribution in [0.5, 0.6) is 0 Å². The first-order valence-electron chi connectivity index (χ1n) is 2.69. The summed E-state index contributed by atoms with van der Waals surface area (Å²) in [5.41, 5.74) is 7.73. The molecule has 62 valence electrons. The summed E-state index contributed by atoms with van der Waals surface area (Å²) >= 11 is 0. The van der Waals surface area contributed by atoms with Crippen molar-refractivity contribution in [3.63, 3.8) is 0 Å². The van der Waals surface area contributed by atoms with Gasteiger partial charge in [0.1, 0.15) is 0 Å². The fourth-order valence-electron chi connectivity index (χ4n) is 0.406. The van der Waals surface area contributed by atoms with Crippen molar-refractivity contribution in [1.82, 2.24) is 0 Å². The van der Waals surface area contributed by atoms with E-state index in [4.69, 9.17) is 16.6 Å². The second kappa shape index (κ2) is 3.22. The largest absolute Gasteiger partial charge is 0.479 e. The molecule has 0 atom stereocenters. The molecule has 0 saturated carbocycles. The van der Waals surface area contributed by atoms with E-state index in [1.165, 1.54) is 0 Å². The van der Waals surface area contributed by atoms with Crippen LogP contribution in [-0.4, -0.2) is 28.8 Å². The number of aliphatic carboxylic acids is 1. The number of hydrogen-bond acceptors (Lipinski definition) is 5. The van der Waals surface area contributed by atoms with Crippen molar-refractivity contribution in [2.24, 2.45) is 11.5 Å². The average molecular weight is 160 g/mol. The molecule has 0 spiro atoms. The highest BCUT2D eigenvalue weighted by Gasteiger charge is 2.31. The van der Waals surface area contributed by atoms with E-state index in [0.717, 1.165) is 0 Å². The highest BCUT2D eigenvalue weighted by atomic mass is 16.4. The summed E-state index contributed by atoms with van der Waals surface area (Å²) in [5, 5.41) is 8.27. The number of carboxylic acids is 1. The van der Waals surface area contributed by atoms with E-state index >= 15 is 0 Å². The van der Waals surface area contributed by atoms with Crippen molar-refractivity contribution in [3.8, 4) is 0 Å². The fraction of sp³-hybridized carbons (Fsp3) is 0.400. The predicted molar refractivity (Wildman–Crippen MR) is 34.4 cm³/mol. The zero-order valence-electron chi connectivity index (χ0n) is 5.61. The third-order valence-electron chi connectivity index (χ3n) is 0.996. The predicted octanol–water partition coefficient (Wildman–Crippen LogP) is -2.16. The van der Waals surface area contributed by atoms with E-state index in [1.807, 2.05) is 0 Å². The lowest BCUT2D eigenvalue weighted by Gasteiger charge is -2.15. The molecule has 0 heterocycles. The molecule has 0 aliphatic heterocycles. The van der Waals surface area contributed by atoms with Crippen molar-refractivity contribution >= 4 is 18.0 Å². The lowest BCUT2D eigenvalue weighted by molar-refractivity contribution is -0.145. The highest BCUT2D eigenvalue weighted by Crippen LogP contribution is 1.97. The van der Waals surface area contributed by atoms with Crippen molar-refractivity contribution in [2.45, 2.75) is 12.1 Å². The first-order chi connectivity index (χ1) is 4.90. The minimum Gasteiger partial charge on any atom is -0.479 e. The van der Waals surface area contributed by atoms with Crippen LogP contribution in [0.25, 0.3) is 0 Å². The number of carbonyl (C=O) groups is 3. The summed E-state index contributed by atoms with van der Waals surface area (Å²) < 4.78 is 0. The van der Waals surface area contributed by atoms with Crippen LogP contribution in [-0.2, 0) is 14.4 Å². The minimum absolute atomic E-state index is 0.0165. The van der Waals surface area contributed by atoms with E-state index < -0.39 is 23.8 Å². The van der Waals surface area contributed by atoms with Crippen LogP contribution in [0.1, 0.15) is 6.42 Å². The molecule has 0 fully saturated rings. The monoisotopic (exact) mass is 160 g/mol. The van der Waals surface area contributed by atoms with Gasteiger partial charge in [0.05, 0.1) is 6.42 Å². The van der Waals surface area contributed by atoms with Crippen LogP contribution < -0.4 is 11.5 Å². The molecule has 5 N–H and O–H groups in total. The van der Waals surface area contributed by atoms with Gasteiger partial charge in [0, 0.05) is 0 Å². The molecule has 11 heavy (non-hydrogen) atoms. The van der Waals surface area contributed by atoms with Crippen LogP contribution in [0.3, 0.4) is 0 Å². The molecule has 6 nitrogen and oxygen atoms in total. The third kappa shape index (κ3) is 2.87. The van der Waals surface area contributed by atoms with Crippen LogP contribution >= 0.6 is 0 Å². The van der Waals surface area contributed by atoms with Gasteiger partial charge in [0.25, 0.3) is 0 Å². The standard InChI is InChI=1S/C5H8N2O4/c6-5(7,4(10)11)1-3(9)2-8/h2H,1,6-7H2,(H,10,11). The van der Waals surface area contributed by atoms with Crippen molar-refractivity contribution in [1.29, 1.82) is 0 Å². The molecule has 0 aliphatic carbocycles. The molecule has 0 saturated heterocycles. The lowest BCUT2D eigenvalue weighted by atomic mass is 10.1. The Morgan fingerprint density at radius 2 is 1.91 bits per heavy atom. The molecular weight excluding hydrogens is 152 g/mol. The smallest absolute Gasteiger partial charge is 0.338 e. The first-order valence-corrected chi connectivity index (χ1v) is 2.69. The Balaban J connectivity index is 4.23. The molecule has 0 aromatic carbocycles. The zero-order chi connectivity index (χ0) is 9.07. The Morgan fingerprint density at radius 3 is 2.18 bits per heavy atom. The Morgan fingerprint density at radius 1 is 1.45 bits per heavy atom. The van der Waals surface area contributed by atoms with Crippen LogP contribution in [0.2, 0.25) is 0 Å². The molecule has 0 aromatic rings. The highest BCUT2D eigenvalue weighted by molar-refractivity contribution is 6.25. The molecule has 0 unspecified atom stereocenters. The minimum atomic E-state index is -2.14. The van der Waals surface area contributed by atoms with E-state index in [1.54, 1.807) is 0 Å². The second-order valence-corrected chi connectivity index (χ2v) is 2.11. The Kier molecular flexibility index (Phi) is 2.85. The van der Waals surface area contributed by atoms with Crippen molar-refractivity contribution < 1.29 is 19.5 Å². The summed E-state index contributed by atoms with van der Waals surface area (Å²) in [6.45, 7) is 0. The molecule has 0 amide bonds. The summed E-state index contributed by atoms with van der Waals surface area (Å²) in [5.74, 6) is -2.45. The number of carboxylic acid groups (broad SMARTS) is 1. The number of hydrogen-bond donors (Lipinski definition) is 3. The van der Waals surface area contributed by atoms with E-state index in [0.29, 0.717) is 0 Å². The Hall–Kier alpha value is -1.27. The zero-order valence-corrected chi connectivity index (χ0v) is 5.61. The van der Waals surface area contributed by atoms with E-state index in [2.05, 4.69) is 0 Å². The van der Waals surface area contributed by atoms with Crippen molar-refractivity contribution in [2.75, 3.05) is 0 Å². The number of ketones is 1. The molecule has 0 bridgehead atoms. The molecule has 0 rings (SSSR count). The summed E-state index contributed by atoms with van der Waals surface area (Å²) in [7, 11) is 0. The maximum absolute atomic E-state index is 10.3. The summed E-state index contributed by atoms with van der Waals surface area (Å²) in [4.78, 5) is 30.2. The molecule has 0 aromatic heterocycles. The van der Waals surface area contributed by atoms with Gasteiger partial charge in [-0.1, -0.05) is 0 Å². The van der Waals surface area contributed by atoms with Gasteiger partial charge in [-0.25, -0.2) is 4.79 Å².